The van der Waals surface area contributed by atoms with Crippen molar-refractivity contribution in [3.05, 3.63) is 12.2 Å². The summed E-state index contributed by atoms with van der Waals surface area (Å²) in [6.45, 7) is 9.18. The fourth-order valence-corrected chi connectivity index (χ4v) is 5.75. The average Bonchev–Trinajstić information content (AvgIpc) is 2.74. The quantitative estimate of drug-likeness (QED) is 0.627. The van der Waals surface area contributed by atoms with Gasteiger partial charge in [0, 0.05) is 0 Å². The first kappa shape index (κ1) is 10.6. The van der Waals surface area contributed by atoms with Gasteiger partial charge in [-0.15, -0.1) is 0 Å². The van der Waals surface area contributed by atoms with E-state index in [2.05, 4.69) is 39.8 Å². The molecule has 94 valence electrons. The lowest BCUT2D eigenvalue weighted by Crippen LogP contribution is -2.35. The van der Waals surface area contributed by atoms with Crippen molar-refractivity contribution in [3.63, 3.8) is 0 Å². The van der Waals surface area contributed by atoms with Gasteiger partial charge in [0.1, 0.15) is 0 Å². The molecule has 17 heavy (non-hydrogen) atoms. The molecule has 5 unspecified atom stereocenters. The van der Waals surface area contributed by atoms with Crippen LogP contribution in [0.1, 0.15) is 40.5 Å². The maximum Gasteiger partial charge on any atom is 0.0652 e. The maximum absolute atomic E-state index is 6.44. The van der Waals surface area contributed by atoms with Crippen LogP contribution in [0.4, 0.5) is 0 Å². The van der Waals surface area contributed by atoms with E-state index in [0.717, 1.165) is 29.6 Å². The molecule has 5 aliphatic rings. The first-order valence-electron chi connectivity index (χ1n) is 7.26. The Bertz CT molecular complexity index is 391. The second-order valence-corrected chi connectivity index (χ2v) is 7.98. The minimum atomic E-state index is 0.0300. The van der Waals surface area contributed by atoms with Crippen molar-refractivity contribution in [1.82, 2.24) is 0 Å². The summed E-state index contributed by atoms with van der Waals surface area (Å²) >= 11 is 0. The molecule has 4 saturated carbocycles. The van der Waals surface area contributed by atoms with Gasteiger partial charge in [0.2, 0.25) is 0 Å². The number of hydrogen-bond donors (Lipinski definition) is 0. The second-order valence-electron chi connectivity index (χ2n) is 7.98. The van der Waals surface area contributed by atoms with E-state index in [9.17, 15) is 0 Å². The highest BCUT2D eigenvalue weighted by Crippen LogP contribution is 2.83. The van der Waals surface area contributed by atoms with Gasteiger partial charge in [0.25, 0.3) is 0 Å². The third kappa shape index (κ3) is 1.15. The van der Waals surface area contributed by atoms with Crippen molar-refractivity contribution < 1.29 is 4.74 Å². The fraction of sp³-hybridized carbons (Fsp3) is 0.875. The summed E-state index contributed by atoms with van der Waals surface area (Å²) in [7, 11) is 0. The van der Waals surface area contributed by atoms with Crippen molar-refractivity contribution in [1.29, 1.82) is 0 Å². The molecule has 5 rings (SSSR count). The van der Waals surface area contributed by atoms with Crippen molar-refractivity contribution in [2.75, 3.05) is 0 Å². The zero-order valence-corrected chi connectivity index (χ0v) is 11.4. The van der Waals surface area contributed by atoms with Gasteiger partial charge < -0.3 is 4.74 Å². The van der Waals surface area contributed by atoms with Crippen LogP contribution in [0.3, 0.4) is 0 Å². The molecule has 0 aromatic carbocycles. The van der Waals surface area contributed by atoms with E-state index in [1.54, 1.807) is 0 Å². The number of rotatable bonds is 1. The van der Waals surface area contributed by atoms with E-state index in [4.69, 9.17) is 4.74 Å². The lowest BCUT2D eigenvalue weighted by molar-refractivity contribution is -0.0893. The average molecular weight is 232 g/mol. The predicted octanol–water partition coefficient (Wildman–Crippen LogP) is 3.65. The largest absolute Gasteiger partial charge is 0.372 e. The van der Waals surface area contributed by atoms with Crippen LogP contribution in [-0.4, -0.2) is 11.7 Å². The van der Waals surface area contributed by atoms with Crippen molar-refractivity contribution in [3.8, 4) is 0 Å². The number of ether oxygens (including phenoxy) is 1. The van der Waals surface area contributed by atoms with Crippen LogP contribution in [0.15, 0.2) is 12.2 Å². The molecule has 0 aromatic rings. The Balaban J connectivity index is 1.68. The van der Waals surface area contributed by atoms with Gasteiger partial charge in [-0.25, -0.2) is 0 Å². The van der Waals surface area contributed by atoms with Gasteiger partial charge in [-0.05, 0) is 68.6 Å². The zero-order chi connectivity index (χ0) is 12.0. The molecule has 0 saturated heterocycles. The first-order chi connectivity index (χ1) is 7.93. The van der Waals surface area contributed by atoms with E-state index in [-0.39, 0.29) is 5.60 Å². The maximum atomic E-state index is 6.44. The van der Waals surface area contributed by atoms with Crippen LogP contribution in [0.25, 0.3) is 0 Å². The third-order valence-electron chi connectivity index (χ3n) is 5.97. The van der Waals surface area contributed by atoms with Crippen LogP contribution >= 0.6 is 0 Å². The highest BCUT2D eigenvalue weighted by Gasteiger charge is 2.82. The van der Waals surface area contributed by atoms with Gasteiger partial charge in [-0.3, -0.25) is 0 Å². The predicted molar refractivity (Wildman–Crippen MR) is 68.6 cm³/mol. The standard InChI is InChI=1S/C16H24O/c1-15(2,3)17-14-11-10-9-7-5-6-8-16(4,12(9)14)13(10)11/h5-6,9-14H,7-8H2,1-4H3/t9?,10?,11?,12?,13?,14-,16-/m1/s1. The highest BCUT2D eigenvalue weighted by atomic mass is 16.5. The summed E-state index contributed by atoms with van der Waals surface area (Å²) in [5, 5.41) is 0. The smallest absolute Gasteiger partial charge is 0.0652 e. The van der Waals surface area contributed by atoms with Crippen LogP contribution in [0.5, 0.6) is 0 Å². The Morgan fingerprint density at radius 1 is 1.12 bits per heavy atom. The van der Waals surface area contributed by atoms with Crippen molar-refractivity contribution in [2.24, 2.45) is 35.0 Å². The van der Waals surface area contributed by atoms with Gasteiger partial charge in [0.05, 0.1) is 11.7 Å². The Kier molecular flexibility index (Phi) is 1.76. The van der Waals surface area contributed by atoms with E-state index in [1.807, 2.05) is 0 Å². The first-order valence-corrected chi connectivity index (χ1v) is 7.26. The molecule has 0 radical (unpaired) electrons. The summed E-state index contributed by atoms with van der Waals surface area (Å²) < 4.78 is 6.44. The van der Waals surface area contributed by atoms with E-state index < -0.39 is 0 Å². The minimum Gasteiger partial charge on any atom is -0.372 e. The Morgan fingerprint density at radius 2 is 1.88 bits per heavy atom. The topological polar surface area (TPSA) is 9.23 Å². The molecule has 0 spiro atoms. The van der Waals surface area contributed by atoms with Gasteiger partial charge >= 0.3 is 0 Å². The second kappa shape index (κ2) is 2.82. The van der Waals surface area contributed by atoms with Gasteiger partial charge in [-0.2, -0.15) is 0 Å². The molecule has 1 heteroatoms. The molecule has 6 bridgehead atoms. The Labute approximate surface area is 105 Å². The van der Waals surface area contributed by atoms with Crippen LogP contribution in [0, 0.1) is 35.0 Å². The summed E-state index contributed by atoms with van der Waals surface area (Å²) in [5.74, 6) is 4.71. The molecule has 0 aromatic heterocycles. The minimum absolute atomic E-state index is 0.0300. The lowest BCUT2D eigenvalue weighted by Gasteiger charge is -2.34. The van der Waals surface area contributed by atoms with Crippen molar-refractivity contribution >= 4 is 0 Å². The van der Waals surface area contributed by atoms with Crippen LogP contribution < -0.4 is 0 Å². The molecule has 0 heterocycles. The summed E-state index contributed by atoms with van der Waals surface area (Å²) in [4.78, 5) is 0. The monoisotopic (exact) mass is 232 g/mol. The number of hydrogen-bond acceptors (Lipinski definition) is 1. The van der Waals surface area contributed by atoms with Crippen molar-refractivity contribution in [2.45, 2.75) is 52.2 Å². The highest BCUT2D eigenvalue weighted by molar-refractivity contribution is 5.31. The summed E-state index contributed by atoms with van der Waals surface area (Å²) in [6.07, 6.45) is 8.07. The fourth-order valence-electron chi connectivity index (χ4n) is 5.75. The van der Waals surface area contributed by atoms with E-state index in [1.165, 1.54) is 12.8 Å². The molecule has 7 atom stereocenters. The molecule has 5 aliphatic carbocycles. The summed E-state index contributed by atoms with van der Waals surface area (Å²) in [5.41, 5.74) is 0.602. The van der Waals surface area contributed by atoms with E-state index in [0.29, 0.717) is 11.5 Å². The molecule has 0 aliphatic heterocycles. The number of allylic oxidation sites excluding steroid dienone is 2. The van der Waals surface area contributed by atoms with Gasteiger partial charge in [0.15, 0.2) is 0 Å². The molecular formula is C16H24O. The van der Waals surface area contributed by atoms with Crippen LogP contribution in [-0.2, 0) is 4.74 Å². The van der Waals surface area contributed by atoms with Gasteiger partial charge in [-0.1, -0.05) is 19.1 Å². The molecule has 0 amide bonds. The van der Waals surface area contributed by atoms with E-state index >= 15 is 0 Å². The normalized spacial score (nSPS) is 58.4. The Morgan fingerprint density at radius 3 is 2.59 bits per heavy atom. The SMILES string of the molecule is CC(C)(C)O[C@@H]1C2C3C4CC=CC[C@@](C)(C32)C41. The van der Waals surface area contributed by atoms with Crippen LogP contribution in [0.2, 0.25) is 0 Å². The summed E-state index contributed by atoms with van der Waals surface area (Å²) in [6, 6.07) is 0. The third-order valence-corrected chi connectivity index (χ3v) is 5.97. The lowest BCUT2D eigenvalue weighted by atomic mass is 9.75. The molecule has 1 nitrogen and oxygen atoms in total. The molecule has 0 N–H and O–H groups in total. The Hall–Kier alpha value is -0.300. The zero-order valence-electron chi connectivity index (χ0n) is 11.4. The molecule has 4 fully saturated rings. The molecular weight excluding hydrogens is 208 g/mol.